The van der Waals surface area contributed by atoms with E-state index in [0.717, 1.165) is 23.0 Å². The summed E-state index contributed by atoms with van der Waals surface area (Å²) in [6.07, 6.45) is -2.07. The number of aromatic nitrogens is 5. The summed E-state index contributed by atoms with van der Waals surface area (Å²) >= 11 is 0. The highest BCUT2D eigenvalue weighted by Gasteiger charge is 2.33. The van der Waals surface area contributed by atoms with Crippen molar-refractivity contribution in [2.45, 2.75) is 25.4 Å². The molecule has 1 N–H and O–H groups in total. The molecule has 8 heteroatoms. The highest BCUT2D eigenvalue weighted by Crippen LogP contribution is 2.35. The minimum atomic E-state index is -4.43. The summed E-state index contributed by atoms with van der Waals surface area (Å²) in [7, 11) is 1.89. The summed E-state index contributed by atoms with van der Waals surface area (Å²) in [5.41, 5.74) is 1.38. The quantitative estimate of drug-likeness (QED) is 0.553. The third kappa shape index (κ3) is 3.37. The maximum absolute atomic E-state index is 13.3. The molecular formula is C20H18F3N5. The fraction of sp³-hybridized carbons (Fsp3) is 0.250. The lowest BCUT2D eigenvalue weighted by Gasteiger charge is -2.12. The Balaban J connectivity index is 1.69. The molecule has 0 unspecified atom stereocenters. The fourth-order valence-electron chi connectivity index (χ4n) is 3.28. The smallest absolute Gasteiger partial charge is 0.337 e. The van der Waals surface area contributed by atoms with E-state index in [9.17, 15) is 13.2 Å². The van der Waals surface area contributed by atoms with Crippen molar-refractivity contribution in [1.82, 2.24) is 24.7 Å². The molecule has 0 amide bonds. The molecule has 2 aromatic heterocycles. The zero-order valence-corrected chi connectivity index (χ0v) is 15.3. The number of hydrogen-bond donors (Lipinski definition) is 1. The lowest BCUT2D eigenvalue weighted by Crippen LogP contribution is -2.05. The van der Waals surface area contributed by atoms with E-state index in [0.29, 0.717) is 17.8 Å². The summed E-state index contributed by atoms with van der Waals surface area (Å²) < 4.78 is 41.6. The Bertz CT molecular complexity index is 1130. The van der Waals surface area contributed by atoms with Gasteiger partial charge in [-0.2, -0.15) is 13.2 Å². The average molecular weight is 385 g/mol. The topological polar surface area (TPSA) is 59.4 Å². The second-order valence-corrected chi connectivity index (χ2v) is 6.87. The van der Waals surface area contributed by atoms with E-state index in [1.165, 1.54) is 6.07 Å². The van der Waals surface area contributed by atoms with Crippen molar-refractivity contribution in [3.8, 4) is 11.4 Å². The van der Waals surface area contributed by atoms with Gasteiger partial charge in [-0.05, 0) is 29.7 Å². The third-order valence-corrected chi connectivity index (χ3v) is 4.85. The summed E-state index contributed by atoms with van der Waals surface area (Å²) in [4.78, 5) is 7.22. The van der Waals surface area contributed by atoms with Gasteiger partial charge in [0.05, 0.1) is 16.6 Å². The first-order valence-corrected chi connectivity index (χ1v) is 8.82. The first-order chi connectivity index (χ1) is 13.3. The molecule has 0 saturated heterocycles. The number of H-pyrrole nitrogens is 1. The van der Waals surface area contributed by atoms with Gasteiger partial charge in [0, 0.05) is 19.0 Å². The van der Waals surface area contributed by atoms with Gasteiger partial charge < -0.3 is 9.55 Å². The van der Waals surface area contributed by atoms with E-state index >= 15 is 0 Å². The van der Waals surface area contributed by atoms with Gasteiger partial charge in [-0.15, -0.1) is 10.2 Å². The molecule has 0 saturated carbocycles. The lowest BCUT2D eigenvalue weighted by molar-refractivity contribution is -0.136. The number of nitrogens with one attached hydrogen (secondary N) is 1. The second kappa shape index (κ2) is 6.78. The van der Waals surface area contributed by atoms with E-state index in [4.69, 9.17) is 0 Å². The van der Waals surface area contributed by atoms with Crippen molar-refractivity contribution < 1.29 is 13.2 Å². The average Bonchev–Trinajstić information content (AvgIpc) is 3.27. The van der Waals surface area contributed by atoms with Gasteiger partial charge in [0.2, 0.25) is 0 Å². The van der Waals surface area contributed by atoms with Gasteiger partial charge in [-0.3, -0.25) is 0 Å². The Morgan fingerprint density at radius 1 is 1.14 bits per heavy atom. The van der Waals surface area contributed by atoms with Gasteiger partial charge in [-0.25, -0.2) is 4.98 Å². The van der Waals surface area contributed by atoms with Gasteiger partial charge in [0.15, 0.2) is 0 Å². The summed E-state index contributed by atoms with van der Waals surface area (Å²) in [6.45, 7) is 2.08. The van der Waals surface area contributed by atoms with Gasteiger partial charge in [0.1, 0.15) is 18.0 Å². The molecule has 0 spiro atoms. The SMILES string of the molecule is C[C@H](Cc1nncn1C)c1cccc(-c2nc3cccc(C(F)(F)F)c3[nH]2)c1. The van der Waals surface area contributed by atoms with Gasteiger partial charge in [0.25, 0.3) is 0 Å². The highest BCUT2D eigenvalue weighted by molar-refractivity contribution is 5.83. The molecular weight excluding hydrogens is 367 g/mol. The van der Waals surface area contributed by atoms with E-state index < -0.39 is 11.7 Å². The number of halogens is 3. The van der Waals surface area contributed by atoms with Crippen LogP contribution < -0.4 is 0 Å². The highest BCUT2D eigenvalue weighted by atomic mass is 19.4. The van der Waals surface area contributed by atoms with Crippen LogP contribution >= 0.6 is 0 Å². The summed E-state index contributed by atoms with van der Waals surface area (Å²) in [5.74, 6) is 1.45. The van der Waals surface area contributed by atoms with Crippen LogP contribution in [0.15, 0.2) is 48.8 Å². The molecule has 5 nitrogen and oxygen atoms in total. The number of para-hydroxylation sites is 1. The van der Waals surface area contributed by atoms with Crippen LogP contribution in [-0.2, 0) is 19.6 Å². The van der Waals surface area contributed by atoms with Crippen LogP contribution in [-0.4, -0.2) is 24.7 Å². The molecule has 0 radical (unpaired) electrons. The molecule has 28 heavy (non-hydrogen) atoms. The minimum Gasteiger partial charge on any atom is -0.337 e. The number of rotatable bonds is 4. The van der Waals surface area contributed by atoms with Crippen LogP contribution in [0.5, 0.6) is 0 Å². The second-order valence-electron chi connectivity index (χ2n) is 6.87. The number of fused-ring (bicyclic) bond motifs is 1. The molecule has 2 heterocycles. The maximum atomic E-state index is 13.3. The summed E-state index contributed by atoms with van der Waals surface area (Å²) in [6, 6.07) is 11.7. The zero-order valence-electron chi connectivity index (χ0n) is 15.3. The molecule has 0 aliphatic rings. The van der Waals surface area contributed by atoms with Gasteiger partial charge >= 0.3 is 6.18 Å². The lowest BCUT2D eigenvalue weighted by atomic mass is 9.95. The first kappa shape index (κ1) is 18.2. The Morgan fingerprint density at radius 3 is 2.64 bits per heavy atom. The number of hydrogen-bond acceptors (Lipinski definition) is 3. The van der Waals surface area contributed by atoms with E-state index in [-0.39, 0.29) is 11.4 Å². The van der Waals surface area contributed by atoms with Crippen molar-refractivity contribution in [1.29, 1.82) is 0 Å². The van der Waals surface area contributed by atoms with Crippen molar-refractivity contribution in [3.63, 3.8) is 0 Å². The molecule has 4 aromatic rings. The molecule has 0 aliphatic heterocycles. The molecule has 0 fully saturated rings. The number of alkyl halides is 3. The minimum absolute atomic E-state index is 0.00235. The predicted octanol–water partition coefficient (Wildman–Crippen LogP) is 4.72. The van der Waals surface area contributed by atoms with Crippen LogP contribution in [0.4, 0.5) is 13.2 Å². The zero-order chi connectivity index (χ0) is 19.9. The Kier molecular flexibility index (Phi) is 4.41. The number of benzene rings is 2. The normalized spacial score (nSPS) is 13.2. The molecule has 144 valence electrons. The fourth-order valence-corrected chi connectivity index (χ4v) is 3.28. The van der Waals surface area contributed by atoms with Gasteiger partial charge in [-0.1, -0.05) is 31.2 Å². The number of aromatic amines is 1. The standard InChI is InChI=1S/C20H18F3N5/c1-12(9-17-27-24-11-28(17)2)13-5-3-6-14(10-13)19-25-16-8-4-7-15(18(16)26-19)20(21,22)23/h3-8,10-12H,9H2,1-2H3,(H,25,26)/t12-/m1/s1. The monoisotopic (exact) mass is 385 g/mol. The van der Waals surface area contributed by atoms with Crippen molar-refractivity contribution in [3.05, 3.63) is 65.7 Å². The van der Waals surface area contributed by atoms with Crippen LogP contribution in [0.25, 0.3) is 22.4 Å². The maximum Gasteiger partial charge on any atom is 0.418 e. The first-order valence-electron chi connectivity index (χ1n) is 8.82. The molecule has 2 aromatic carbocycles. The molecule has 0 bridgehead atoms. The van der Waals surface area contributed by atoms with Crippen molar-refractivity contribution in [2.75, 3.05) is 0 Å². The summed E-state index contributed by atoms with van der Waals surface area (Å²) in [5, 5.41) is 8.00. The van der Waals surface area contributed by atoms with Crippen LogP contribution in [0.3, 0.4) is 0 Å². The van der Waals surface area contributed by atoms with Crippen molar-refractivity contribution in [2.24, 2.45) is 7.05 Å². The van der Waals surface area contributed by atoms with E-state index in [1.54, 1.807) is 12.4 Å². The number of nitrogens with zero attached hydrogens (tertiary/aromatic N) is 4. The Hall–Kier alpha value is -3.16. The largest absolute Gasteiger partial charge is 0.418 e. The molecule has 1 atom stereocenters. The van der Waals surface area contributed by atoms with E-state index in [2.05, 4.69) is 27.1 Å². The van der Waals surface area contributed by atoms with Crippen LogP contribution in [0.1, 0.15) is 29.8 Å². The molecule has 4 rings (SSSR count). The predicted molar refractivity (Wildman–Crippen MR) is 99.7 cm³/mol. The third-order valence-electron chi connectivity index (χ3n) is 4.85. The molecule has 0 aliphatic carbocycles. The van der Waals surface area contributed by atoms with Crippen LogP contribution in [0, 0.1) is 0 Å². The van der Waals surface area contributed by atoms with Crippen molar-refractivity contribution >= 4 is 11.0 Å². The Morgan fingerprint density at radius 2 is 1.93 bits per heavy atom. The van der Waals surface area contributed by atoms with E-state index in [1.807, 2.05) is 35.9 Å². The Labute approximate surface area is 159 Å². The van der Waals surface area contributed by atoms with Crippen LogP contribution in [0.2, 0.25) is 0 Å². The number of aryl methyl sites for hydroxylation is 1. The number of imidazole rings is 1.